The van der Waals surface area contributed by atoms with Gasteiger partial charge in [0.1, 0.15) is 6.04 Å². The number of hydrogen-bond donors (Lipinski definition) is 1. The minimum absolute atomic E-state index is 0.163. The van der Waals surface area contributed by atoms with Crippen molar-refractivity contribution in [2.24, 2.45) is 0 Å². The van der Waals surface area contributed by atoms with Crippen LogP contribution in [0, 0.1) is 0 Å². The van der Waals surface area contributed by atoms with Crippen LogP contribution in [0.3, 0.4) is 0 Å². The summed E-state index contributed by atoms with van der Waals surface area (Å²) in [4.78, 5) is 12.5. The number of fused-ring (bicyclic) bond motifs is 1. The number of nitrogens with one attached hydrogen (secondary N) is 1. The first-order valence-electron chi connectivity index (χ1n) is 8.22. The SMILES string of the molecule is CC(C)OCCCNC(=O)[C@@H]1Cc2ccccc2CN1S(C)(=O)=O. The summed E-state index contributed by atoms with van der Waals surface area (Å²) in [5.74, 6) is -0.250. The second-order valence-electron chi connectivity index (χ2n) is 6.36. The van der Waals surface area contributed by atoms with E-state index >= 15 is 0 Å². The molecule has 0 aliphatic carbocycles. The molecule has 1 aliphatic heterocycles. The minimum atomic E-state index is -3.46. The van der Waals surface area contributed by atoms with E-state index in [-0.39, 0.29) is 18.6 Å². The van der Waals surface area contributed by atoms with Gasteiger partial charge in [-0.3, -0.25) is 4.79 Å². The monoisotopic (exact) mass is 354 g/mol. The van der Waals surface area contributed by atoms with Gasteiger partial charge in [0.2, 0.25) is 15.9 Å². The summed E-state index contributed by atoms with van der Waals surface area (Å²) in [5, 5.41) is 2.83. The van der Waals surface area contributed by atoms with E-state index in [0.29, 0.717) is 26.0 Å². The van der Waals surface area contributed by atoms with Gasteiger partial charge in [-0.15, -0.1) is 0 Å². The van der Waals surface area contributed by atoms with Crippen molar-refractivity contribution in [3.63, 3.8) is 0 Å². The summed E-state index contributed by atoms with van der Waals surface area (Å²) in [5.41, 5.74) is 1.98. The highest BCUT2D eigenvalue weighted by Crippen LogP contribution is 2.25. The summed E-state index contributed by atoms with van der Waals surface area (Å²) < 4.78 is 30.9. The lowest BCUT2D eigenvalue weighted by atomic mass is 9.95. The maximum Gasteiger partial charge on any atom is 0.238 e. The number of benzene rings is 1. The van der Waals surface area contributed by atoms with Crippen LogP contribution in [-0.4, -0.2) is 50.2 Å². The second kappa shape index (κ2) is 8.09. The van der Waals surface area contributed by atoms with Crippen molar-refractivity contribution in [3.05, 3.63) is 35.4 Å². The molecule has 0 radical (unpaired) electrons. The van der Waals surface area contributed by atoms with Crippen LogP contribution in [0.2, 0.25) is 0 Å². The Morgan fingerprint density at radius 1 is 1.33 bits per heavy atom. The Kier molecular flexibility index (Phi) is 6.37. The molecule has 0 fully saturated rings. The predicted molar refractivity (Wildman–Crippen MR) is 93.0 cm³/mol. The van der Waals surface area contributed by atoms with Crippen LogP contribution in [0.15, 0.2) is 24.3 Å². The number of nitrogens with zero attached hydrogens (tertiary/aromatic N) is 1. The van der Waals surface area contributed by atoms with Crippen molar-refractivity contribution in [1.82, 2.24) is 9.62 Å². The Labute approximate surface area is 144 Å². The molecule has 0 spiro atoms. The first kappa shape index (κ1) is 18.9. The molecule has 1 aromatic carbocycles. The molecule has 1 aliphatic rings. The van der Waals surface area contributed by atoms with E-state index in [1.165, 1.54) is 4.31 Å². The van der Waals surface area contributed by atoms with Gasteiger partial charge in [0, 0.05) is 19.7 Å². The quantitative estimate of drug-likeness (QED) is 0.749. The molecular weight excluding hydrogens is 328 g/mol. The lowest BCUT2D eigenvalue weighted by Crippen LogP contribution is -2.52. The molecule has 1 atom stereocenters. The molecule has 1 N–H and O–H groups in total. The number of rotatable bonds is 7. The van der Waals surface area contributed by atoms with E-state index in [2.05, 4.69) is 5.32 Å². The highest BCUT2D eigenvalue weighted by Gasteiger charge is 2.36. The number of carbonyl (C=O) groups is 1. The third kappa shape index (κ3) is 5.03. The number of ether oxygens (including phenoxy) is 1. The van der Waals surface area contributed by atoms with Gasteiger partial charge in [-0.25, -0.2) is 8.42 Å². The maximum absolute atomic E-state index is 12.5. The summed E-state index contributed by atoms with van der Waals surface area (Å²) in [6.45, 7) is 5.20. The largest absolute Gasteiger partial charge is 0.379 e. The Balaban J connectivity index is 2.02. The van der Waals surface area contributed by atoms with Gasteiger partial charge in [0.25, 0.3) is 0 Å². The number of amides is 1. The lowest BCUT2D eigenvalue weighted by molar-refractivity contribution is -0.125. The van der Waals surface area contributed by atoms with Crippen molar-refractivity contribution in [2.45, 2.75) is 45.4 Å². The molecule has 6 nitrogen and oxygen atoms in total. The van der Waals surface area contributed by atoms with Gasteiger partial charge in [-0.05, 0) is 37.8 Å². The average molecular weight is 354 g/mol. The normalized spacial score (nSPS) is 18.4. The molecule has 0 saturated carbocycles. The fourth-order valence-corrected chi connectivity index (χ4v) is 3.80. The molecular formula is C17H26N2O4S. The summed E-state index contributed by atoms with van der Waals surface area (Å²) in [6.07, 6.45) is 2.41. The summed E-state index contributed by atoms with van der Waals surface area (Å²) in [6, 6.07) is 6.96. The van der Waals surface area contributed by atoms with Gasteiger partial charge < -0.3 is 10.1 Å². The Morgan fingerprint density at radius 3 is 2.62 bits per heavy atom. The van der Waals surface area contributed by atoms with E-state index in [1.54, 1.807) is 0 Å². The third-order valence-corrected chi connectivity index (χ3v) is 5.24. The topological polar surface area (TPSA) is 75.7 Å². The van der Waals surface area contributed by atoms with Crippen LogP contribution < -0.4 is 5.32 Å². The van der Waals surface area contributed by atoms with Crippen LogP contribution >= 0.6 is 0 Å². The van der Waals surface area contributed by atoms with E-state index < -0.39 is 16.1 Å². The van der Waals surface area contributed by atoms with Crippen molar-refractivity contribution in [1.29, 1.82) is 0 Å². The van der Waals surface area contributed by atoms with Crippen molar-refractivity contribution in [2.75, 3.05) is 19.4 Å². The Morgan fingerprint density at radius 2 is 2.00 bits per heavy atom. The van der Waals surface area contributed by atoms with E-state index in [4.69, 9.17) is 4.74 Å². The zero-order chi connectivity index (χ0) is 17.7. The molecule has 1 amide bonds. The van der Waals surface area contributed by atoms with Gasteiger partial charge in [-0.1, -0.05) is 24.3 Å². The van der Waals surface area contributed by atoms with Gasteiger partial charge in [0.15, 0.2) is 0 Å². The van der Waals surface area contributed by atoms with Crippen LogP contribution in [-0.2, 0) is 32.5 Å². The van der Waals surface area contributed by atoms with Crippen LogP contribution in [0.1, 0.15) is 31.4 Å². The predicted octanol–water partition coefficient (Wildman–Crippen LogP) is 1.30. The molecule has 0 saturated heterocycles. The third-order valence-electron chi connectivity index (χ3n) is 4.01. The second-order valence-corrected chi connectivity index (χ2v) is 8.30. The van der Waals surface area contributed by atoms with Crippen molar-refractivity contribution in [3.8, 4) is 0 Å². The molecule has 24 heavy (non-hydrogen) atoms. The van der Waals surface area contributed by atoms with Crippen LogP contribution in [0.25, 0.3) is 0 Å². The van der Waals surface area contributed by atoms with Crippen LogP contribution in [0.4, 0.5) is 0 Å². The average Bonchev–Trinajstić information content (AvgIpc) is 2.52. The van der Waals surface area contributed by atoms with Gasteiger partial charge in [-0.2, -0.15) is 4.31 Å². The van der Waals surface area contributed by atoms with E-state index in [1.807, 2.05) is 38.1 Å². The summed E-state index contributed by atoms with van der Waals surface area (Å²) >= 11 is 0. The van der Waals surface area contributed by atoms with Crippen molar-refractivity contribution >= 4 is 15.9 Å². The minimum Gasteiger partial charge on any atom is -0.379 e. The molecule has 0 aromatic heterocycles. The highest BCUT2D eigenvalue weighted by atomic mass is 32.2. The van der Waals surface area contributed by atoms with Crippen molar-refractivity contribution < 1.29 is 17.9 Å². The molecule has 0 unspecified atom stereocenters. The van der Waals surface area contributed by atoms with Crippen LogP contribution in [0.5, 0.6) is 0 Å². The molecule has 134 valence electrons. The van der Waals surface area contributed by atoms with E-state index in [9.17, 15) is 13.2 Å². The molecule has 0 bridgehead atoms. The Hall–Kier alpha value is -1.44. The number of sulfonamides is 1. The summed E-state index contributed by atoms with van der Waals surface area (Å²) in [7, 11) is -3.46. The standard InChI is InChI=1S/C17H26N2O4S/c1-13(2)23-10-6-9-18-17(20)16-11-14-7-4-5-8-15(14)12-19(16)24(3,21)22/h4-5,7-8,13,16H,6,9-12H2,1-3H3,(H,18,20)/t16-/m0/s1. The Bertz CT molecular complexity index is 673. The highest BCUT2D eigenvalue weighted by molar-refractivity contribution is 7.88. The van der Waals surface area contributed by atoms with E-state index in [0.717, 1.165) is 17.4 Å². The van der Waals surface area contributed by atoms with Gasteiger partial charge in [0.05, 0.1) is 12.4 Å². The molecule has 2 rings (SSSR count). The zero-order valence-electron chi connectivity index (χ0n) is 14.5. The maximum atomic E-state index is 12.5. The van der Waals surface area contributed by atoms with Gasteiger partial charge >= 0.3 is 0 Å². The number of hydrogen-bond acceptors (Lipinski definition) is 4. The molecule has 1 heterocycles. The molecule has 1 aromatic rings. The first-order chi connectivity index (χ1) is 11.3. The fraction of sp³-hybridized carbons (Fsp3) is 0.588. The molecule has 7 heteroatoms. The number of carbonyl (C=O) groups excluding carboxylic acids is 1. The lowest BCUT2D eigenvalue weighted by Gasteiger charge is -2.34. The first-order valence-corrected chi connectivity index (χ1v) is 10.1. The zero-order valence-corrected chi connectivity index (χ0v) is 15.3. The smallest absolute Gasteiger partial charge is 0.238 e. The fourth-order valence-electron chi connectivity index (χ4n) is 2.79.